The van der Waals surface area contributed by atoms with Crippen molar-refractivity contribution in [3.63, 3.8) is 0 Å². The van der Waals surface area contributed by atoms with Crippen molar-refractivity contribution in [2.24, 2.45) is 0 Å². The number of anilines is 2. The van der Waals surface area contributed by atoms with Crippen LogP contribution in [0.4, 0.5) is 11.4 Å². The average Bonchev–Trinajstić information content (AvgIpc) is 2.38. The van der Waals surface area contributed by atoms with Crippen molar-refractivity contribution in [1.82, 2.24) is 0 Å². The Bertz CT molecular complexity index is 495. The number of nitrogens with one attached hydrogen (secondary N) is 2. The van der Waals surface area contributed by atoms with Crippen LogP contribution in [0.5, 0.6) is 0 Å². The first-order valence-electron chi connectivity index (χ1n) is 5.98. The van der Waals surface area contributed by atoms with Gasteiger partial charge in [0, 0.05) is 23.9 Å². The molecular formula is C14H18N2O3. The molecule has 0 aliphatic carbocycles. The summed E-state index contributed by atoms with van der Waals surface area (Å²) < 4.78 is 4.89. The van der Waals surface area contributed by atoms with Crippen LogP contribution in [0.3, 0.4) is 0 Å². The Kier molecular flexibility index (Phi) is 5.60. The number of rotatable bonds is 5. The van der Waals surface area contributed by atoms with Gasteiger partial charge < -0.3 is 15.4 Å². The van der Waals surface area contributed by atoms with Gasteiger partial charge in [0.1, 0.15) is 0 Å². The summed E-state index contributed by atoms with van der Waals surface area (Å²) in [4.78, 5) is 22.9. The van der Waals surface area contributed by atoms with Crippen LogP contribution in [-0.2, 0) is 14.3 Å². The second-order valence-electron chi connectivity index (χ2n) is 3.93. The lowest BCUT2D eigenvalue weighted by molar-refractivity contribution is -0.116. The minimum atomic E-state index is -0.279. The molecule has 0 unspecified atom stereocenters. The molecule has 5 nitrogen and oxygen atoms in total. The highest BCUT2D eigenvalue weighted by molar-refractivity contribution is 6.00. The molecule has 0 atom stereocenters. The van der Waals surface area contributed by atoms with Gasteiger partial charge in [0.2, 0.25) is 5.91 Å². The minimum absolute atomic E-state index is 0.0707. The van der Waals surface area contributed by atoms with Crippen molar-refractivity contribution in [1.29, 1.82) is 0 Å². The Morgan fingerprint density at radius 3 is 2.47 bits per heavy atom. The molecule has 0 aromatic heterocycles. The van der Waals surface area contributed by atoms with Crippen molar-refractivity contribution < 1.29 is 14.3 Å². The summed E-state index contributed by atoms with van der Waals surface area (Å²) in [7, 11) is 1.50. The maximum atomic E-state index is 11.6. The van der Waals surface area contributed by atoms with E-state index in [0.717, 1.165) is 0 Å². The summed E-state index contributed by atoms with van der Waals surface area (Å²) in [5.41, 5.74) is 1.26. The van der Waals surface area contributed by atoms with E-state index in [0.29, 0.717) is 23.6 Å². The van der Waals surface area contributed by atoms with Crippen LogP contribution in [0.25, 0.3) is 0 Å². The fourth-order valence-corrected chi connectivity index (χ4v) is 1.35. The van der Waals surface area contributed by atoms with Gasteiger partial charge in [0.05, 0.1) is 12.9 Å². The second kappa shape index (κ2) is 7.20. The lowest BCUT2D eigenvalue weighted by atomic mass is 10.2. The summed E-state index contributed by atoms with van der Waals surface area (Å²) in [6.07, 6.45) is 1.77. The smallest absolute Gasteiger partial charge is 0.251 e. The predicted molar refractivity (Wildman–Crippen MR) is 74.8 cm³/mol. The Hall–Kier alpha value is -2.30. The number of carbonyl (C=O) groups is 2. The summed E-state index contributed by atoms with van der Waals surface area (Å²) in [6.45, 7) is 3.47. The minimum Gasteiger partial charge on any atom is -0.501 e. The molecule has 2 amide bonds. The molecule has 0 aliphatic rings. The van der Waals surface area contributed by atoms with Crippen LogP contribution in [0.1, 0.15) is 20.3 Å². The van der Waals surface area contributed by atoms with Gasteiger partial charge in [-0.3, -0.25) is 9.59 Å². The molecule has 0 heterocycles. The highest BCUT2D eigenvalue weighted by Crippen LogP contribution is 2.15. The zero-order valence-electron chi connectivity index (χ0n) is 11.3. The summed E-state index contributed by atoms with van der Waals surface area (Å²) in [6, 6.07) is 6.96. The van der Waals surface area contributed by atoms with Gasteiger partial charge in [0.25, 0.3) is 5.91 Å². The van der Waals surface area contributed by atoms with Crippen molar-refractivity contribution >= 4 is 23.2 Å². The molecule has 0 spiro atoms. The molecule has 102 valence electrons. The Morgan fingerprint density at radius 1 is 1.26 bits per heavy atom. The van der Waals surface area contributed by atoms with Gasteiger partial charge in [-0.15, -0.1) is 0 Å². The zero-order chi connectivity index (χ0) is 14.3. The summed E-state index contributed by atoms with van der Waals surface area (Å²) in [5, 5.41) is 5.42. The molecule has 1 rings (SSSR count). The van der Waals surface area contributed by atoms with Crippen LogP contribution in [-0.4, -0.2) is 18.9 Å². The van der Waals surface area contributed by atoms with Crippen LogP contribution in [0.2, 0.25) is 0 Å². The molecule has 0 saturated carbocycles. The summed E-state index contributed by atoms with van der Waals surface area (Å²) >= 11 is 0. The van der Waals surface area contributed by atoms with Gasteiger partial charge in [-0.05, 0) is 25.1 Å². The maximum Gasteiger partial charge on any atom is 0.251 e. The van der Waals surface area contributed by atoms with Crippen LogP contribution >= 0.6 is 0 Å². The quantitative estimate of drug-likeness (QED) is 0.633. The molecule has 0 aliphatic heterocycles. The van der Waals surface area contributed by atoms with Gasteiger partial charge in [-0.2, -0.15) is 0 Å². The highest BCUT2D eigenvalue weighted by Gasteiger charge is 2.03. The second-order valence-corrected chi connectivity index (χ2v) is 3.93. The van der Waals surface area contributed by atoms with E-state index in [1.807, 2.05) is 0 Å². The number of benzene rings is 1. The average molecular weight is 262 g/mol. The lowest BCUT2D eigenvalue weighted by Crippen LogP contribution is -2.11. The molecule has 0 saturated heterocycles. The lowest BCUT2D eigenvalue weighted by Gasteiger charge is -2.07. The first-order chi connectivity index (χ1) is 9.05. The van der Waals surface area contributed by atoms with Crippen LogP contribution < -0.4 is 10.6 Å². The fourth-order valence-electron chi connectivity index (χ4n) is 1.35. The molecule has 1 aromatic rings. The Morgan fingerprint density at radius 2 is 1.89 bits per heavy atom. The van der Waals surface area contributed by atoms with E-state index in [9.17, 15) is 9.59 Å². The highest BCUT2D eigenvalue weighted by atomic mass is 16.5. The molecule has 1 aromatic carbocycles. The Balaban J connectivity index is 2.72. The molecule has 19 heavy (non-hydrogen) atoms. The van der Waals surface area contributed by atoms with E-state index in [1.165, 1.54) is 13.2 Å². The number of amides is 2. The van der Waals surface area contributed by atoms with E-state index in [1.54, 1.807) is 38.1 Å². The number of allylic oxidation sites excluding steroid dienone is 1. The first-order valence-corrected chi connectivity index (χ1v) is 5.98. The number of hydrogen-bond donors (Lipinski definition) is 2. The number of carbonyl (C=O) groups excluding carboxylic acids is 2. The summed E-state index contributed by atoms with van der Waals surface area (Å²) in [5.74, 6) is 0.171. The zero-order valence-corrected chi connectivity index (χ0v) is 11.3. The van der Waals surface area contributed by atoms with E-state index >= 15 is 0 Å². The van der Waals surface area contributed by atoms with Crippen molar-refractivity contribution in [2.75, 3.05) is 17.7 Å². The molecule has 0 fully saturated rings. The Labute approximate surface area is 112 Å². The normalized spacial score (nSPS) is 10.8. The molecule has 5 heteroatoms. The topological polar surface area (TPSA) is 67.4 Å². The number of hydrogen-bond acceptors (Lipinski definition) is 3. The third kappa shape index (κ3) is 5.25. The van der Waals surface area contributed by atoms with E-state index in [-0.39, 0.29) is 11.8 Å². The largest absolute Gasteiger partial charge is 0.501 e. The van der Waals surface area contributed by atoms with E-state index < -0.39 is 0 Å². The monoisotopic (exact) mass is 262 g/mol. The standard InChI is InChI=1S/C14H18N2O3/c1-4-13(17)15-11-6-5-7-12(9-11)16-14(18)8-10(2)19-3/h5-9H,4H2,1-3H3,(H,15,17)(H,16,18). The van der Waals surface area contributed by atoms with Gasteiger partial charge in [-0.1, -0.05) is 13.0 Å². The van der Waals surface area contributed by atoms with E-state index in [4.69, 9.17) is 4.74 Å². The number of ether oxygens (including phenoxy) is 1. The SMILES string of the molecule is CCC(=O)Nc1cccc(NC(=O)C=C(C)OC)c1. The third-order valence-electron chi connectivity index (χ3n) is 2.39. The van der Waals surface area contributed by atoms with Crippen molar-refractivity contribution in [2.45, 2.75) is 20.3 Å². The van der Waals surface area contributed by atoms with Gasteiger partial charge >= 0.3 is 0 Å². The number of methoxy groups -OCH3 is 1. The first kappa shape index (κ1) is 14.8. The molecule has 2 N–H and O–H groups in total. The third-order valence-corrected chi connectivity index (χ3v) is 2.39. The van der Waals surface area contributed by atoms with Gasteiger partial charge in [0.15, 0.2) is 0 Å². The fraction of sp³-hybridized carbons (Fsp3) is 0.286. The van der Waals surface area contributed by atoms with Crippen LogP contribution in [0, 0.1) is 0 Å². The van der Waals surface area contributed by atoms with Gasteiger partial charge in [-0.25, -0.2) is 0 Å². The molecular weight excluding hydrogens is 244 g/mol. The predicted octanol–water partition coefficient (Wildman–Crippen LogP) is 2.52. The van der Waals surface area contributed by atoms with E-state index in [2.05, 4.69) is 10.6 Å². The molecule has 0 bridgehead atoms. The maximum absolute atomic E-state index is 11.6. The van der Waals surface area contributed by atoms with Crippen molar-refractivity contribution in [3.05, 3.63) is 36.1 Å². The van der Waals surface area contributed by atoms with Crippen LogP contribution in [0.15, 0.2) is 36.1 Å². The van der Waals surface area contributed by atoms with Crippen molar-refractivity contribution in [3.8, 4) is 0 Å². The molecule has 0 radical (unpaired) electrons.